The van der Waals surface area contributed by atoms with E-state index in [1.54, 1.807) is 0 Å². The lowest BCUT2D eigenvalue weighted by Gasteiger charge is -2.19. The van der Waals surface area contributed by atoms with Gasteiger partial charge in [0.15, 0.2) is 6.17 Å². The van der Waals surface area contributed by atoms with Crippen LogP contribution in [-0.4, -0.2) is 26.5 Å². The van der Waals surface area contributed by atoms with E-state index in [-0.39, 0.29) is 6.61 Å². The summed E-state index contributed by atoms with van der Waals surface area (Å²) >= 11 is 0. The molecule has 0 bridgehead atoms. The predicted molar refractivity (Wildman–Crippen MR) is 54.5 cm³/mol. The van der Waals surface area contributed by atoms with Gasteiger partial charge in [0.1, 0.15) is 0 Å². The number of alkyl halides is 3. The van der Waals surface area contributed by atoms with Gasteiger partial charge >= 0.3 is 15.4 Å². The molecule has 0 fully saturated rings. The van der Waals surface area contributed by atoms with Crippen molar-refractivity contribution in [3.05, 3.63) is 0 Å². The first kappa shape index (κ1) is 15.7. The van der Waals surface area contributed by atoms with Gasteiger partial charge in [-0.2, -0.15) is 17.2 Å². The number of rotatable bonds is 8. The second kappa shape index (κ2) is 6.44. The summed E-state index contributed by atoms with van der Waals surface area (Å²) in [4.78, 5) is 0. The maximum Gasteiger partial charge on any atom is 0.400 e. The van der Waals surface area contributed by atoms with Crippen LogP contribution in [0.1, 0.15) is 39.5 Å². The molecule has 0 aromatic rings. The highest BCUT2D eigenvalue weighted by Gasteiger charge is 2.53. The van der Waals surface area contributed by atoms with Crippen molar-refractivity contribution >= 4 is 10.1 Å². The molecule has 0 spiro atoms. The second-order valence-corrected chi connectivity index (χ2v) is 5.11. The van der Waals surface area contributed by atoms with Crippen molar-refractivity contribution in [3.63, 3.8) is 0 Å². The average molecular weight is 262 g/mol. The molecule has 16 heavy (non-hydrogen) atoms. The van der Waals surface area contributed by atoms with E-state index in [0.717, 1.165) is 13.3 Å². The zero-order valence-electron chi connectivity index (χ0n) is 9.38. The van der Waals surface area contributed by atoms with Gasteiger partial charge in [0.2, 0.25) is 0 Å². The molecule has 0 radical (unpaired) electrons. The first-order valence-corrected chi connectivity index (χ1v) is 6.61. The van der Waals surface area contributed by atoms with Gasteiger partial charge in [0.25, 0.3) is 0 Å². The van der Waals surface area contributed by atoms with E-state index in [2.05, 4.69) is 4.18 Å². The maximum absolute atomic E-state index is 13.0. The van der Waals surface area contributed by atoms with Crippen molar-refractivity contribution in [2.45, 2.75) is 51.0 Å². The minimum atomic E-state index is -5.16. The van der Waals surface area contributed by atoms with Crippen LogP contribution in [0.2, 0.25) is 0 Å². The van der Waals surface area contributed by atoms with E-state index in [1.807, 2.05) is 6.92 Å². The summed E-state index contributed by atoms with van der Waals surface area (Å²) < 4.78 is 64.9. The van der Waals surface area contributed by atoms with Crippen LogP contribution in [0.25, 0.3) is 0 Å². The minimum absolute atomic E-state index is 0.331. The van der Waals surface area contributed by atoms with Gasteiger partial charge in [0.05, 0.1) is 6.61 Å². The van der Waals surface area contributed by atoms with E-state index in [1.165, 1.54) is 0 Å². The molecular weight excluding hydrogens is 245 g/mol. The quantitative estimate of drug-likeness (QED) is 0.499. The van der Waals surface area contributed by atoms with Crippen LogP contribution in [-0.2, 0) is 14.3 Å². The third kappa shape index (κ3) is 3.93. The Bertz CT molecular complexity index is 290. The molecule has 1 unspecified atom stereocenters. The van der Waals surface area contributed by atoms with Crippen molar-refractivity contribution < 1.29 is 25.8 Å². The first-order chi connectivity index (χ1) is 7.29. The Labute approximate surface area is 94.1 Å². The molecule has 3 nitrogen and oxygen atoms in total. The van der Waals surface area contributed by atoms with Gasteiger partial charge in [-0.1, -0.05) is 26.7 Å². The molecule has 0 aromatic carbocycles. The number of halogens is 3. The smallest absolute Gasteiger partial charge is 0.265 e. The van der Waals surface area contributed by atoms with Crippen molar-refractivity contribution in [2.75, 3.05) is 6.61 Å². The molecule has 0 amide bonds. The summed E-state index contributed by atoms with van der Waals surface area (Å²) in [5, 5.41) is -4.46. The molecule has 0 saturated heterocycles. The SMILES string of the molecule is CCCCCOS(=O)(=O)C(F)(F)C(F)CC. The van der Waals surface area contributed by atoms with Crippen LogP contribution < -0.4 is 0 Å². The Kier molecular flexibility index (Phi) is 6.32. The molecule has 0 aromatic heterocycles. The van der Waals surface area contributed by atoms with E-state index in [0.29, 0.717) is 12.8 Å². The van der Waals surface area contributed by atoms with Gasteiger partial charge < -0.3 is 0 Å². The molecule has 0 aliphatic heterocycles. The molecule has 0 heterocycles. The summed E-state index contributed by atoms with van der Waals surface area (Å²) in [5.41, 5.74) is 0. The summed E-state index contributed by atoms with van der Waals surface area (Å²) in [6.45, 7) is 2.69. The highest BCUT2D eigenvalue weighted by Crippen LogP contribution is 2.31. The summed E-state index contributed by atoms with van der Waals surface area (Å²) in [6, 6.07) is 0. The monoisotopic (exact) mass is 262 g/mol. The fraction of sp³-hybridized carbons (Fsp3) is 1.00. The maximum atomic E-state index is 13.0. The van der Waals surface area contributed by atoms with E-state index >= 15 is 0 Å². The van der Waals surface area contributed by atoms with Gasteiger partial charge in [-0.15, -0.1) is 0 Å². The van der Waals surface area contributed by atoms with Crippen LogP contribution in [0.4, 0.5) is 13.2 Å². The van der Waals surface area contributed by atoms with Crippen LogP contribution in [0.15, 0.2) is 0 Å². The molecule has 0 N–H and O–H groups in total. The molecule has 0 rings (SSSR count). The molecule has 0 saturated carbocycles. The van der Waals surface area contributed by atoms with Crippen LogP contribution >= 0.6 is 0 Å². The van der Waals surface area contributed by atoms with E-state index in [9.17, 15) is 21.6 Å². The second-order valence-electron chi connectivity index (χ2n) is 3.42. The van der Waals surface area contributed by atoms with Crippen molar-refractivity contribution in [1.82, 2.24) is 0 Å². The van der Waals surface area contributed by atoms with Crippen LogP contribution in [0.3, 0.4) is 0 Å². The molecule has 0 aliphatic carbocycles. The van der Waals surface area contributed by atoms with Gasteiger partial charge in [-0.05, 0) is 12.8 Å². The number of hydrogen-bond donors (Lipinski definition) is 0. The lowest BCUT2D eigenvalue weighted by Crippen LogP contribution is -2.39. The van der Waals surface area contributed by atoms with Gasteiger partial charge in [0, 0.05) is 0 Å². The van der Waals surface area contributed by atoms with Crippen molar-refractivity contribution in [3.8, 4) is 0 Å². The predicted octanol–water partition coefficient (Wildman–Crippen LogP) is 2.86. The van der Waals surface area contributed by atoms with Crippen molar-refractivity contribution in [1.29, 1.82) is 0 Å². The Morgan fingerprint density at radius 2 is 1.81 bits per heavy atom. The lowest BCUT2D eigenvalue weighted by atomic mass is 10.3. The summed E-state index contributed by atoms with van der Waals surface area (Å²) in [7, 11) is -5.16. The fourth-order valence-electron chi connectivity index (χ4n) is 0.994. The van der Waals surface area contributed by atoms with E-state index < -0.39 is 28.0 Å². The largest absolute Gasteiger partial charge is 0.400 e. The third-order valence-electron chi connectivity index (χ3n) is 2.04. The van der Waals surface area contributed by atoms with Gasteiger partial charge in [-0.25, -0.2) is 4.39 Å². The average Bonchev–Trinajstić information content (AvgIpc) is 2.22. The lowest BCUT2D eigenvalue weighted by molar-refractivity contribution is -0.00768. The zero-order chi connectivity index (χ0) is 12.8. The van der Waals surface area contributed by atoms with Gasteiger partial charge in [-0.3, -0.25) is 4.18 Å². The van der Waals surface area contributed by atoms with Crippen LogP contribution in [0, 0.1) is 0 Å². The first-order valence-electron chi connectivity index (χ1n) is 5.20. The van der Waals surface area contributed by atoms with Crippen LogP contribution in [0.5, 0.6) is 0 Å². The normalized spacial score (nSPS) is 15.1. The fourth-order valence-corrected chi connectivity index (χ4v) is 1.97. The summed E-state index contributed by atoms with van der Waals surface area (Å²) in [5.74, 6) is 0. The Morgan fingerprint density at radius 1 is 1.25 bits per heavy atom. The number of hydrogen-bond acceptors (Lipinski definition) is 3. The third-order valence-corrected chi connectivity index (χ3v) is 3.44. The minimum Gasteiger partial charge on any atom is -0.265 e. The highest BCUT2D eigenvalue weighted by molar-refractivity contribution is 7.87. The van der Waals surface area contributed by atoms with E-state index in [4.69, 9.17) is 0 Å². The standard InChI is InChI=1S/C9H17F3O3S/c1-3-5-6-7-15-16(13,14)9(11,12)8(10)4-2/h8H,3-7H2,1-2H3. The molecular formula is C9H17F3O3S. The topological polar surface area (TPSA) is 43.4 Å². The molecule has 1 atom stereocenters. The zero-order valence-corrected chi connectivity index (χ0v) is 10.2. The highest BCUT2D eigenvalue weighted by atomic mass is 32.2. The molecule has 98 valence electrons. The molecule has 0 aliphatic rings. The number of unbranched alkanes of at least 4 members (excludes halogenated alkanes) is 2. The van der Waals surface area contributed by atoms with Crippen molar-refractivity contribution in [2.24, 2.45) is 0 Å². The Morgan fingerprint density at radius 3 is 2.25 bits per heavy atom. The Hall–Kier alpha value is -0.300. The Balaban J connectivity index is 4.42. The summed E-state index contributed by atoms with van der Waals surface area (Å²) in [6.07, 6.45) is -1.47. The molecule has 7 heteroatoms.